The first kappa shape index (κ1) is 16.8. The van der Waals surface area contributed by atoms with Crippen LogP contribution in [-0.4, -0.2) is 51.8 Å². The molecule has 0 radical (unpaired) electrons. The van der Waals surface area contributed by atoms with Crippen molar-refractivity contribution in [2.45, 2.75) is 26.3 Å². The first-order valence-electron chi connectivity index (χ1n) is 8.25. The Hall–Kier alpha value is -2.08. The predicted molar refractivity (Wildman–Crippen MR) is 94.6 cm³/mol. The fourth-order valence-electron chi connectivity index (χ4n) is 2.86. The third kappa shape index (κ3) is 3.53. The molecule has 128 valence electrons. The summed E-state index contributed by atoms with van der Waals surface area (Å²) in [4.78, 5) is 21.1. The van der Waals surface area contributed by atoms with Crippen molar-refractivity contribution in [2.75, 3.05) is 31.1 Å². The minimum atomic E-state index is 0.0378. The number of carbonyl (C=O) groups excluding carboxylic acids is 1. The third-order valence-corrected chi connectivity index (χ3v) is 4.49. The number of hydrogen-bond donors (Lipinski definition) is 0. The van der Waals surface area contributed by atoms with Gasteiger partial charge in [0, 0.05) is 44.6 Å². The smallest absolute Gasteiger partial charge is 0.257 e. The molecule has 2 aromatic rings. The molecule has 24 heavy (non-hydrogen) atoms. The Morgan fingerprint density at radius 2 is 2.08 bits per heavy atom. The summed E-state index contributed by atoms with van der Waals surface area (Å²) in [6.07, 6.45) is 6.11. The monoisotopic (exact) mass is 347 g/mol. The maximum Gasteiger partial charge on any atom is 0.257 e. The zero-order valence-corrected chi connectivity index (χ0v) is 14.8. The van der Waals surface area contributed by atoms with Gasteiger partial charge in [0.15, 0.2) is 0 Å². The van der Waals surface area contributed by atoms with Crippen molar-refractivity contribution in [3.05, 3.63) is 41.3 Å². The lowest BCUT2D eigenvalue weighted by Crippen LogP contribution is -2.35. The van der Waals surface area contributed by atoms with Gasteiger partial charge in [-0.05, 0) is 32.4 Å². The van der Waals surface area contributed by atoms with Gasteiger partial charge in [0.2, 0.25) is 0 Å². The average Bonchev–Trinajstić information content (AvgIpc) is 2.94. The SMILES string of the molecule is CC(C)n1cc(C(=O)N2CCCN(c3ncccc3Cl)CC2)cn1. The Labute approximate surface area is 147 Å². The van der Waals surface area contributed by atoms with Crippen molar-refractivity contribution in [3.8, 4) is 0 Å². The zero-order valence-electron chi connectivity index (χ0n) is 14.0. The molecule has 0 unspecified atom stereocenters. The van der Waals surface area contributed by atoms with Crippen LogP contribution in [0.25, 0.3) is 0 Å². The van der Waals surface area contributed by atoms with Gasteiger partial charge in [-0.25, -0.2) is 4.98 Å². The highest BCUT2D eigenvalue weighted by Crippen LogP contribution is 2.23. The summed E-state index contributed by atoms with van der Waals surface area (Å²) in [6, 6.07) is 3.92. The minimum Gasteiger partial charge on any atom is -0.354 e. The van der Waals surface area contributed by atoms with E-state index in [1.54, 1.807) is 12.4 Å². The van der Waals surface area contributed by atoms with E-state index in [0.717, 1.165) is 31.9 Å². The second-order valence-electron chi connectivity index (χ2n) is 6.24. The van der Waals surface area contributed by atoms with Crippen molar-refractivity contribution >= 4 is 23.3 Å². The average molecular weight is 348 g/mol. The number of rotatable bonds is 3. The molecule has 0 atom stereocenters. The van der Waals surface area contributed by atoms with Crippen LogP contribution in [0.15, 0.2) is 30.7 Å². The highest BCUT2D eigenvalue weighted by atomic mass is 35.5. The van der Waals surface area contributed by atoms with Crippen LogP contribution in [0.3, 0.4) is 0 Å². The molecule has 1 fully saturated rings. The molecule has 7 heteroatoms. The van der Waals surface area contributed by atoms with Gasteiger partial charge < -0.3 is 9.80 Å². The normalized spacial score (nSPS) is 15.7. The summed E-state index contributed by atoms with van der Waals surface area (Å²) in [6.45, 7) is 7.03. The summed E-state index contributed by atoms with van der Waals surface area (Å²) in [7, 11) is 0. The first-order chi connectivity index (χ1) is 11.6. The van der Waals surface area contributed by atoms with Gasteiger partial charge in [-0.1, -0.05) is 11.6 Å². The Morgan fingerprint density at radius 3 is 2.79 bits per heavy atom. The van der Waals surface area contributed by atoms with Gasteiger partial charge in [-0.15, -0.1) is 0 Å². The quantitative estimate of drug-likeness (QED) is 0.856. The van der Waals surface area contributed by atoms with Crippen LogP contribution in [0, 0.1) is 0 Å². The van der Waals surface area contributed by atoms with E-state index in [-0.39, 0.29) is 11.9 Å². The van der Waals surface area contributed by atoms with Crippen molar-refractivity contribution in [2.24, 2.45) is 0 Å². The van der Waals surface area contributed by atoms with E-state index in [1.807, 2.05) is 41.8 Å². The molecule has 0 N–H and O–H groups in total. The maximum absolute atomic E-state index is 12.7. The van der Waals surface area contributed by atoms with Crippen LogP contribution >= 0.6 is 11.6 Å². The molecule has 0 aromatic carbocycles. The number of carbonyl (C=O) groups is 1. The topological polar surface area (TPSA) is 54.3 Å². The van der Waals surface area contributed by atoms with E-state index in [2.05, 4.69) is 15.0 Å². The summed E-state index contributed by atoms with van der Waals surface area (Å²) in [5, 5.41) is 4.91. The van der Waals surface area contributed by atoms with Gasteiger partial charge in [0.05, 0.1) is 16.8 Å². The fourth-order valence-corrected chi connectivity index (χ4v) is 3.10. The van der Waals surface area contributed by atoms with Crippen LogP contribution in [0.2, 0.25) is 5.02 Å². The largest absolute Gasteiger partial charge is 0.354 e. The van der Waals surface area contributed by atoms with Crippen molar-refractivity contribution < 1.29 is 4.79 Å². The van der Waals surface area contributed by atoms with Crippen LogP contribution in [-0.2, 0) is 0 Å². The Morgan fingerprint density at radius 1 is 1.25 bits per heavy atom. The molecule has 3 heterocycles. The van der Waals surface area contributed by atoms with Gasteiger partial charge in [-0.3, -0.25) is 9.48 Å². The second kappa shape index (κ2) is 7.21. The number of hydrogen-bond acceptors (Lipinski definition) is 4. The first-order valence-corrected chi connectivity index (χ1v) is 8.63. The Bertz CT molecular complexity index is 715. The van der Waals surface area contributed by atoms with Crippen molar-refractivity contribution in [1.82, 2.24) is 19.7 Å². The number of pyridine rings is 1. The standard InChI is InChI=1S/C17H22ClN5O/c1-13(2)23-12-14(11-20-23)17(24)22-8-4-7-21(9-10-22)16-15(18)5-3-6-19-16/h3,5-6,11-13H,4,7-10H2,1-2H3. The molecule has 3 rings (SSSR count). The Kier molecular flexibility index (Phi) is 5.04. The molecule has 1 saturated heterocycles. The van der Waals surface area contributed by atoms with Crippen molar-refractivity contribution in [1.29, 1.82) is 0 Å². The van der Waals surface area contributed by atoms with Crippen LogP contribution in [0.1, 0.15) is 36.7 Å². The van der Waals surface area contributed by atoms with Gasteiger partial charge in [0.1, 0.15) is 5.82 Å². The van der Waals surface area contributed by atoms with Crippen LogP contribution in [0.5, 0.6) is 0 Å². The highest BCUT2D eigenvalue weighted by molar-refractivity contribution is 6.32. The predicted octanol–water partition coefficient (Wildman–Crippen LogP) is 2.86. The number of anilines is 1. The van der Waals surface area contributed by atoms with Crippen LogP contribution in [0.4, 0.5) is 5.82 Å². The zero-order chi connectivity index (χ0) is 17.1. The van der Waals surface area contributed by atoms with E-state index in [1.165, 1.54) is 0 Å². The molecule has 0 spiro atoms. The lowest BCUT2D eigenvalue weighted by molar-refractivity contribution is 0.0767. The molecule has 0 saturated carbocycles. The van der Waals surface area contributed by atoms with Gasteiger partial charge >= 0.3 is 0 Å². The van der Waals surface area contributed by atoms with Gasteiger partial charge in [0.25, 0.3) is 5.91 Å². The molecule has 0 aliphatic carbocycles. The number of nitrogens with zero attached hydrogens (tertiary/aromatic N) is 5. The van der Waals surface area contributed by atoms with Crippen LogP contribution < -0.4 is 4.90 Å². The highest BCUT2D eigenvalue weighted by Gasteiger charge is 2.23. The number of amides is 1. The lowest BCUT2D eigenvalue weighted by atomic mass is 10.3. The molecular weight excluding hydrogens is 326 g/mol. The minimum absolute atomic E-state index is 0.0378. The van der Waals surface area contributed by atoms with E-state index < -0.39 is 0 Å². The van der Waals surface area contributed by atoms with Crippen molar-refractivity contribution in [3.63, 3.8) is 0 Å². The molecule has 0 bridgehead atoms. The number of halogens is 1. The summed E-state index contributed by atoms with van der Waals surface area (Å²) in [5.74, 6) is 0.831. The summed E-state index contributed by atoms with van der Waals surface area (Å²) in [5.41, 5.74) is 0.646. The maximum atomic E-state index is 12.7. The van der Waals surface area contributed by atoms with E-state index in [9.17, 15) is 4.79 Å². The van der Waals surface area contributed by atoms with Gasteiger partial charge in [-0.2, -0.15) is 5.10 Å². The summed E-state index contributed by atoms with van der Waals surface area (Å²) < 4.78 is 1.81. The van der Waals surface area contributed by atoms with E-state index >= 15 is 0 Å². The molecule has 6 nitrogen and oxygen atoms in total. The fraction of sp³-hybridized carbons (Fsp3) is 0.471. The number of aromatic nitrogens is 3. The third-order valence-electron chi connectivity index (χ3n) is 4.20. The molecule has 2 aromatic heterocycles. The second-order valence-corrected chi connectivity index (χ2v) is 6.65. The molecular formula is C17H22ClN5O. The molecule has 1 aliphatic heterocycles. The molecule has 1 aliphatic rings. The lowest BCUT2D eigenvalue weighted by Gasteiger charge is -2.23. The van der Waals surface area contributed by atoms with E-state index in [4.69, 9.17) is 11.6 Å². The van der Waals surface area contributed by atoms with E-state index in [0.29, 0.717) is 17.1 Å². The molecule has 1 amide bonds. The summed E-state index contributed by atoms with van der Waals surface area (Å²) >= 11 is 6.24. The Balaban J connectivity index is 1.68.